The van der Waals surface area contributed by atoms with Gasteiger partial charge in [0.2, 0.25) is 0 Å². The van der Waals surface area contributed by atoms with Gasteiger partial charge in [0.1, 0.15) is 6.07 Å². The number of nitrogens with one attached hydrogen (secondary N) is 1. The summed E-state index contributed by atoms with van der Waals surface area (Å²) in [5, 5.41) is 12.6. The number of hydrogen-bond donors (Lipinski definition) is 1. The fraction of sp³-hybridized carbons (Fsp3) is 0.500. The molecule has 3 heteroatoms. The van der Waals surface area contributed by atoms with Crippen molar-refractivity contribution in [2.75, 3.05) is 31.1 Å². The van der Waals surface area contributed by atoms with Crippen molar-refractivity contribution in [1.29, 1.82) is 5.26 Å². The van der Waals surface area contributed by atoms with Crippen LogP contribution in [0.4, 0.5) is 5.69 Å². The third kappa shape index (κ3) is 1.79. The van der Waals surface area contributed by atoms with E-state index >= 15 is 0 Å². The molecule has 2 heterocycles. The minimum Gasteiger partial charge on any atom is -0.370 e. The first-order chi connectivity index (χ1) is 8.33. The summed E-state index contributed by atoms with van der Waals surface area (Å²) in [5.41, 5.74) is 2.37. The number of hydrogen-bond acceptors (Lipinski definition) is 3. The van der Waals surface area contributed by atoms with Crippen LogP contribution >= 0.6 is 0 Å². The van der Waals surface area contributed by atoms with Gasteiger partial charge < -0.3 is 10.2 Å². The van der Waals surface area contributed by atoms with Gasteiger partial charge in [-0.2, -0.15) is 5.26 Å². The average molecular weight is 227 g/mol. The van der Waals surface area contributed by atoms with E-state index in [1.807, 2.05) is 18.2 Å². The molecule has 17 heavy (non-hydrogen) atoms. The topological polar surface area (TPSA) is 39.1 Å². The highest BCUT2D eigenvalue weighted by molar-refractivity contribution is 5.60. The summed E-state index contributed by atoms with van der Waals surface area (Å²) >= 11 is 0. The van der Waals surface area contributed by atoms with E-state index in [1.54, 1.807) is 0 Å². The molecule has 2 saturated heterocycles. The molecule has 0 amide bonds. The molecule has 0 aromatic heterocycles. The van der Waals surface area contributed by atoms with Crippen molar-refractivity contribution in [2.45, 2.75) is 12.8 Å². The fourth-order valence-electron chi connectivity index (χ4n) is 3.13. The van der Waals surface area contributed by atoms with Crippen molar-refractivity contribution in [3.63, 3.8) is 0 Å². The lowest BCUT2D eigenvalue weighted by atomic mass is 9.86. The highest BCUT2D eigenvalue weighted by atomic mass is 15.2. The van der Waals surface area contributed by atoms with Crippen LogP contribution in [0.3, 0.4) is 0 Å². The smallest absolute Gasteiger partial charge is 0.101 e. The van der Waals surface area contributed by atoms with Gasteiger partial charge in [0, 0.05) is 25.0 Å². The fourth-order valence-corrected chi connectivity index (χ4v) is 3.13. The standard InChI is InChI=1S/C14H17N3/c15-9-12-3-1-2-4-13(12)17-8-6-14(11-17)5-7-16-10-14/h1-4,16H,5-8,10-11H2. The van der Waals surface area contributed by atoms with E-state index < -0.39 is 0 Å². The highest BCUT2D eigenvalue weighted by Crippen LogP contribution is 2.38. The van der Waals surface area contributed by atoms with Crippen molar-refractivity contribution >= 4 is 5.69 Å². The van der Waals surface area contributed by atoms with E-state index in [2.05, 4.69) is 22.4 Å². The first-order valence-electron chi connectivity index (χ1n) is 6.28. The summed E-state index contributed by atoms with van der Waals surface area (Å²) in [5.74, 6) is 0. The average Bonchev–Trinajstić information content (AvgIpc) is 3.00. The first-order valence-corrected chi connectivity index (χ1v) is 6.28. The number of anilines is 1. The van der Waals surface area contributed by atoms with Gasteiger partial charge in [-0.25, -0.2) is 0 Å². The van der Waals surface area contributed by atoms with Gasteiger partial charge in [-0.1, -0.05) is 12.1 Å². The minimum atomic E-state index is 0.461. The first kappa shape index (κ1) is 10.6. The van der Waals surface area contributed by atoms with Gasteiger partial charge in [0.15, 0.2) is 0 Å². The van der Waals surface area contributed by atoms with E-state index in [-0.39, 0.29) is 0 Å². The molecule has 88 valence electrons. The van der Waals surface area contributed by atoms with Crippen molar-refractivity contribution in [3.05, 3.63) is 29.8 Å². The Balaban J connectivity index is 1.85. The number of benzene rings is 1. The zero-order valence-electron chi connectivity index (χ0n) is 9.95. The second kappa shape index (κ2) is 4.05. The summed E-state index contributed by atoms with van der Waals surface area (Å²) in [7, 11) is 0. The normalized spacial score (nSPS) is 27.6. The Bertz CT molecular complexity index is 455. The Hall–Kier alpha value is -1.53. The molecule has 2 aliphatic heterocycles. The van der Waals surface area contributed by atoms with Crippen LogP contribution in [-0.4, -0.2) is 26.2 Å². The van der Waals surface area contributed by atoms with E-state index in [4.69, 9.17) is 5.26 Å². The molecule has 2 aliphatic rings. The molecule has 3 rings (SSSR count). The van der Waals surface area contributed by atoms with Gasteiger partial charge in [0.25, 0.3) is 0 Å². The van der Waals surface area contributed by atoms with Gasteiger partial charge >= 0.3 is 0 Å². The number of nitrogens with zero attached hydrogens (tertiary/aromatic N) is 2. The van der Waals surface area contributed by atoms with Crippen molar-refractivity contribution in [1.82, 2.24) is 5.32 Å². The van der Waals surface area contributed by atoms with E-state index in [0.29, 0.717) is 5.41 Å². The molecular weight excluding hydrogens is 210 g/mol. The van der Waals surface area contributed by atoms with E-state index in [1.165, 1.54) is 12.8 Å². The molecule has 2 fully saturated rings. The molecule has 0 radical (unpaired) electrons. The van der Waals surface area contributed by atoms with Crippen LogP contribution in [0, 0.1) is 16.7 Å². The lowest BCUT2D eigenvalue weighted by Gasteiger charge is -2.24. The molecule has 3 nitrogen and oxygen atoms in total. The van der Waals surface area contributed by atoms with Crippen molar-refractivity contribution in [3.8, 4) is 6.07 Å². The Kier molecular flexibility index (Phi) is 2.53. The Labute approximate surface area is 102 Å². The Morgan fingerprint density at radius 2 is 2.18 bits per heavy atom. The number of rotatable bonds is 1. The molecule has 1 spiro atoms. The maximum atomic E-state index is 9.15. The number of para-hydroxylation sites is 1. The molecule has 1 aromatic rings. The van der Waals surface area contributed by atoms with Crippen LogP contribution in [0.15, 0.2) is 24.3 Å². The molecule has 0 bridgehead atoms. The molecule has 0 aliphatic carbocycles. The molecule has 1 unspecified atom stereocenters. The monoisotopic (exact) mass is 227 g/mol. The third-order valence-corrected chi connectivity index (χ3v) is 4.14. The van der Waals surface area contributed by atoms with E-state index in [0.717, 1.165) is 37.4 Å². The Morgan fingerprint density at radius 3 is 2.94 bits per heavy atom. The molecule has 1 N–H and O–H groups in total. The van der Waals surface area contributed by atoms with Gasteiger partial charge in [-0.15, -0.1) is 0 Å². The maximum absolute atomic E-state index is 9.15. The SMILES string of the molecule is N#Cc1ccccc1N1CCC2(CCNC2)C1. The van der Waals surface area contributed by atoms with Gasteiger partial charge in [-0.3, -0.25) is 0 Å². The van der Waals surface area contributed by atoms with Crippen LogP contribution in [0.2, 0.25) is 0 Å². The lowest BCUT2D eigenvalue weighted by molar-refractivity contribution is 0.369. The zero-order valence-corrected chi connectivity index (χ0v) is 9.95. The summed E-state index contributed by atoms with van der Waals surface area (Å²) in [6.45, 7) is 4.46. The second-order valence-electron chi connectivity index (χ2n) is 5.23. The largest absolute Gasteiger partial charge is 0.370 e. The minimum absolute atomic E-state index is 0.461. The molecular formula is C14H17N3. The third-order valence-electron chi connectivity index (χ3n) is 4.14. The summed E-state index contributed by atoms with van der Waals surface area (Å²) < 4.78 is 0. The maximum Gasteiger partial charge on any atom is 0.101 e. The highest BCUT2D eigenvalue weighted by Gasteiger charge is 2.40. The van der Waals surface area contributed by atoms with Crippen LogP contribution < -0.4 is 10.2 Å². The molecule has 1 atom stereocenters. The van der Waals surface area contributed by atoms with Crippen LogP contribution in [0.25, 0.3) is 0 Å². The molecule has 1 aromatic carbocycles. The van der Waals surface area contributed by atoms with Gasteiger partial charge in [0.05, 0.1) is 11.3 Å². The summed E-state index contributed by atoms with van der Waals surface area (Å²) in [6, 6.07) is 10.2. The lowest BCUT2D eigenvalue weighted by Crippen LogP contribution is -2.29. The van der Waals surface area contributed by atoms with Crippen LogP contribution in [-0.2, 0) is 0 Å². The Morgan fingerprint density at radius 1 is 1.29 bits per heavy atom. The molecule has 0 saturated carbocycles. The van der Waals surface area contributed by atoms with Crippen molar-refractivity contribution in [2.24, 2.45) is 5.41 Å². The quantitative estimate of drug-likeness (QED) is 0.794. The predicted molar refractivity (Wildman–Crippen MR) is 67.9 cm³/mol. The zero-order chi connectivity index (χ0) is 11.7. The van der Waals surface area contributed by atoms with Crippen LogP contribution in [0.1, 0.15) is 18.4 Å². The van der Waals surface area contributed by atoms with E-state index in [9.17, 15) is 0 Å². The summed E-state index contributed by atoms with van der Waals surface area (Å²) in [4.78, 5) is 2.38. The van der Waals surface area contributed by atoms with Crippen molar-refractivity contribution < 1.29 is 0 Å². The summed E-state index contributed by atoms with van der Waals surface area (Å²) in [6.07, 6.45) is 2.53. The predicted octanol–water partition coefficient (Wildman–Crippen LogP) is 1.75. The van der Waals surface area contributed by atoms with Crippen LogP contribution in [0.5, 0.6) is 0 Å². The van der Waals surface area contributed by atoms with Gasteiger partial charge in [-0.05, 0) is 31.5 Å². The number of nitriles is 1. The second-order valence-corrected chi connectivity index (χ2v) is 5.23.